The summed E-state index contributed by atoms with van der Waals surface area (Å²) in [5.41, 5.74) is 6.84. The van der Waals surface area contributed by atoms with E-state index in [4.69, 9.17) is 5.73 Å². The smallest absolute Gasteiger partial charge is 0.271 e. The van der Waals surface area contributed by atoms with E-state index in [1.807, 2.05) is 13.8 Å². The van der Waals surface area contributed by atoms with E-state index in [0.29, 0.717) is 24.5 Å². The Morgan fingerprint density at radius 1 is 1.30 bits per heavy atom. The number of nitrogen functional groups attached to an aromatic ring is 1. The van der Waals surface area contributed by atoms with Crippen molar-refractivity contribution in [1.29, 1.82) is 0 Å². The van der Waals surface area contributed by atoms with Crippen LogP contribution < -0.4 is 5.73 Å². The zero-order chi connectivity index (χ0) is 15.3. The predicted octanol–water partition coefficient (Wildman–Crippen LogP) is 1.03. The fraction of sp³-hybridized carbons (Fsp3) is 0.571. The molecule has 2 N–H and O–H groups in total. The van der Waals surface area contributed by atoms with Crippen LogP contribution in [0.1, 0.15) is 30.8 Å². The van der Waals surface area contributed by atoms with Gasteiger partial charge >= 0.3 is 0 Å². The number of rotatable bonds is 6. The number of hydrogen-bond donors (Lipinski definition) is 1. The molecule has 1 aromatic heterocycles. The number of amides is 2. The number of aryl methyl sites for hydroxylation is 1. The van der Waals surface area contributed by atoms with Crippen LogP contribution in [-0.4, -0.2) is 53.4 Å². The maximum atomic E-state index is 12.6. The standard InChI is InChI=1S/C14H24N4O2/c1-5-7-18(10-13(19)16(3)4)14(20)12-8-11(15)9-17(12)6-2/h8-9H,5-7,10,15H2,1-4H3. The van der Waals surface area contributed by atoms with Crippen LogP contribution in [0, 0.1) is 0 Å². The highest BCUT2D eigenvalue weighted by Crippen LogP contribution is 2.13. The van der Waals surface area contributed by atoms with E-state index < -0.39 is 0 Å². The van der Waals surface area contributed by atoms with E-state index in [9.17, 15) is 9.59 Å². The first kappa shape index (κ1) is 16.1. The molecule has 0 radical (unpaired) electrons. The van der Waals surface area contributed by atoms with Crippen LogP contribution in [0.15, 0.2) is 12.3 Å². The molecule has 0 spiro atoms. The number of carbonyl (C=O) groups excluding carboxylic acids is 2. The van der Waals surface area contributed by atoms with E-state index in [1.54, 1.807) is 35.8 Å². The van der Waals surface area contributed by atoms with Crippen molar-refractivity contribution in [3.8, 4) is 0 Å². The van der Waals surface area contributed by atoms with Gasteiger partial charge in [-0.05, 0) is 19.4 Å². The quantitative estimate of drug-likeness (QED) is 0.846. The molecule has 0 aliphatic rings. The minimum atomic E-state index is -0.152. The highest BCUT2D eigenvalue weighted by molar-refractivity contribution is 5.96. The van der Waals surface area contributed by atoms with Crippen molar-refractivity contribution in [2.75, 3.05) is 32.9 Å². The molecule has 2 amide bonds. The van der Waals surface area contributed by atoms with Crippen molar-refractivity contribution < 1.29 is 9.59 Å². The summed E-state index contributed by atoms with van der Waals surface area (Å²) in [6.07, 6.45) is 2.54. The number of likely N-dealkylation sites (N-methyl/N-ethyl adjacent to an activating group) is 1. The first-order valence-electron chi connectivity index (χ1n) is 6.85. The number of carbonyl (C=O) groups is 2. The van der Waals surface area contributed by atoms with Gasteiger partial charge in [0.25, 0.3) is 5.91 Å². The Morgan fingerprint density at radius 3 is 2.45 bits per heavy atom. The van der Waals surface area contributed by atoms with Crippen LogP contribution in [0.2, 0.25) is 0 Å². The summed E-state index contributed by atoms with van der Waals surface area (Å²) in [5.74, 6) is -0.241. The van der Waals surface area contributed by atoms with E-state index in [-0.39, 0.29) is 18.4 Å². The third kappa shape index (κ3) is 3.76. The number of aromatic nitrogens is 1. The molecule has 0 saturated carbocycles. The summed E-state index contributed by atoms with van der Waals surface area (Å²) in [6, 6.07) is 1.66. The van der Waals surface area contributed by atoms with Gasteiger partial charge in [-0.25, -0.2) is 0 Å². The molecule has 0 saturated heterocycles. The van der Waals surface area contributed by atoms with Gasteiger partial charge in [0.05, 0.1) is 5.69 Å². The van der Waals surface area contributed by atoms with Gasteiger partial charge in [0.15, 0.2) is 0 Å². The molecule has 0 atom stereocenters. The first-order valence-corrected chi connectivity index (χ1v) is 6.85. The predicted molar refractivity (Wildman–Crippen MR) is 79.4 cm³/mol. The van der Waals surface area contributed by atoms with Crippen LogP contribution in [0.25, 0.3) is 0 Å². The second-order valence-electron chi connectivity index (χ2n) is 4.96. The van der Waals surface area contributed by atoms with Crippen molar-refractivity contribution in [2.24, 2.45) is 0 Å². The molecule has 0 aliphatic carbocycles. The number of hydrogen-bond acceptors (Lipinski definition) is 3. The largest absolute Gasteiger partial charge is 0.397 e. The second-order valence-corrected chi connectivity index (χ2v) is 4.96. The van der Waals surface area contributed by atoms with Crippen LogP contribution in [0.3, 0.4) is 0 Å². The number of anilines is 1. The fourth-order valence-electron chi connectivity index (χ4n) is 1.96. The maximum absolute atomic E-state index is 12.6. The molecular formula is C14H24N4O2. The van der Waals surface area contributed by atoms with Crippen LogP contribution in [-0.2, 0) is 11.3 Å². The Morgan fingerprint density at radius 2 is 1.95 bits per heavy atom. The summed E-state index contributed by atoms with van der Waals surface area (Å²) in [5, 5.41) is 0. The molecule has 1 heterocycles. The van der Waals surface area contributed by atoms with Gasteiger partial charge in [0.1, 0.15) is 12.2 Å². The highest BCUT2D eigenvalue weighted by atomic mass is 16.2. The Bertz CT molecular complexity index is 480. The molecule has 1 rings (SSSR count). The summed E-state index contributed by atoms with van der Waals surface area (Å²) in [4.78, 5) is 27.5. The van der Waals surface area contributed by atoms with Crippen molar-refractivity contribution in [3.05, 3.63) is 18.0 Å². The molecule has 20 heavy (non-hydrogen) atoms. The number of nitrogens with zero attached hydrogens (tertiary/aromatic N) is 3. The lowest BCUT2D eigenvalue weighted by Crippen LogP contribution is -2.41. The minimum absolute atomic E-state index is 0.0885. The van der Waals surface area contributed by atoms with Crippen molar-refractivity contribution in [1.82, 2.24) is 14.4 Å². The zero-order valence-corrected chi connectivity index (χ0v) is 12.7. The van der Waals surface area contributed by atoms with Crippen molar-refractivity contribution >= 4 is 17.5 Å². The molecule has 0 bridgehead atoms. The third-order valence-electron chi connectivity index (χ3n) is 3.08. The average molecular weight is 280 g/mol. The maximum Gasteiger partial charge on any atom is 0.271 e. The summed E-state index contributed by atoms with van der Waals surface area (Å²) >= 11 is 0. The summed E-state index contributed by atoms with van der Waals surface area (Å²) < 4.78 is 1.81. The van der Waals surface area contributed by atoms with E-state index in [1.165, 1.54) is 4.90 Å². The first-order chi connectivity index (χ1) is 9.40. The Balaban J connectivity index is 2.95. The minimum Gasteiger partial charge on any atom is -0.397 e. The van der Waals surface area contributed by atoms with Gasteiger partial charge in [-0.3, -0.25) is 9.59 Å². The molecule has 0 unspecified atom stereocenters. The van der Waals surface area contributed by atoms with E-state index in [0.717, 1.165) is 6.42 Å². The molecular weight excluding hydrogens is 256 g/mol. The van der Waals surface area contributed by atoms with Gasteiger partial charge in [-0.1, -0.05) is 6.92 Å². The Labute approximate surface area is 120 Å². The van der Waals surface area contributed by atoms with E-state index in [2.05, 4.69) is 0 Å². The lowest BCUT2D eigenvalue weighted by molar-refractivity contribution is -0.129. The topological polar surface area (TPSA) is 71.6 Å². The van der Waals surface area contributed by atoms with Crippen LogP contribution in [0.5, 0.6) is 0 Å². The van der Waals surface area contributed by atoms with Gasteiger partial charge in [0, 0.05) is 33.4 Å². The Hall–Kier alpha value is -1.98. The van der Waals surface area contributed by atoms with Crippen molar-refractivity contribution in [2.45, 2.75) is 26.8 Å². The highest BCUT2D eigenvalue weighted by Gasteiger charge is 2.21. The molecule has 6 heteroatoms. The molecule has 6 nitrogen and oxygen atoms in total. The van der Waals surface area contributed by atoms with Crippen LogP contribution in [0.4, 0.5) is 5.69 Å². The Kier molecular flexibility index (Phi) is 5.61. The van der Waals surface area contributed by atoms with Gasteiger partial charge in [-0.15, -0.1) is 0 Å². The van der Waals surface area contributed by atoms with Gasteiger partial charge in [-0.2, -0.15) is 0 Å². The lowest BCUT2D eigenvalue weighted by Gasteiger charge is -2.23. The lowest BCUT2D eigenvalue weighted by atomic mass is 10.3. The van der Waals surface area contributed by atoms with Crippen molar-refractivity contribution in [3.63, 3.8) is 0 Å². The monoisotopic (exact) mass is 280 g/mol. The SMILES string of the molecule is CCCN(CC(=O)N(C)C)C(=O)c1cc(N)cn1CC. The van der Waals surface area contributed by atoms with Crippen LogP contribution >= 0.6 is 0 Å². The summed E-state index contributed by atoms with van der Waals surface area (Å²) in [6.45, 7) is 5.24. The zero-order valence-electron chi connectivity index (χ0n) is 12.7. The third-order valence-corrected chi connectivity index (χ3v) is 3.08. The second kappa shape index (κ2) is 6.98. The van der Waals surface area contributed by atoms with Gasteiger partial charge in [0.2, 0.25) is 5.91 Å². The average Bonchev–Trinajstić information content (AvgIpc) is 2.78. The molecule has 112 valence electrons. The van der Waals surface area contributed by atoms with Gasteiger partial charge < -0.3 is 20.1 Å². The molecule has 0 aromatic carbocycles. The normalized spacial score (nSPS) is 10.4. The van der Waals surface area contributed by atoms with E-state index >= 15 is 0 Å². The molecule has 0 aliphatic heterocycles. The molecule has 1 aromatic rings. The fourth-order valence-corrected chi connectivity index (χ4v) is 1.96. The molecule has 0 fully saturated rings. The number of nitrogens with two attached hydrogens (primary N) is 1. The summed E-state index contributed by atoms with van der Waals surface area (Å²) in [7, 11) is 3.37.